The van der Waals surface area contributed by atoms with Crippen molar-refractivity contribution in [3.63, 3.8) is 0 Å². The molecule has 4 aromatic rings. The molecule has 0 saturated carbocycles. The van der Waals surface area contributed by atoms with E-state index in [9.17, 15) is 5.11 Å². The van der Waals surface area contributed by atoms with Crippen LogP contribution in [0.2, 0.25) is 5.02 Å². The van der Waals surface area contributed by atoms with Crippen LogP contribution in [0.1, 0.15) is 34.6 Å². The maximum absolute atomic E-state index is 11.2. The number of aliphatic hydroxyl groups excluding tert-OH is 1. The van der Waals surface area contributed by atoms with E-state index in [4.69, 9.17) is 22.6 Å². The molecule has 0 saturated heterocycles. The zero-order chi connectivity index (χ0) is 21.8. The highest BCUT2D eigenvalue weighted by Crippen LogP contribution is 2.38. The van der Waals surface area contributed by atoms with Crippen molar-refractivity contribution in [3.05, 3.63) is 112 Å². The van der Waals surface area contributed by atoms with Crippen molar-refractivity contribution in [2.45, 2.75) is 25.4 Å². The fourth-order valence-corrected chi connectivity index (χ4v) is 3.78. The van der Waals surface area contributed by atoms with Crippen LogP contribution >= 0.6 is 11.6 Å². The third kappa shape index (κ3) is 4.36. The van der Waals surface area contributed by atoms with Crippen LogP contribution in [0, 0.1) is 13.5 Å². The van der Waals surface area contributed by atoms with E-state index in [2.05, 4.69) is 15.0 Å². The van der Waals surface area contributed by atoms with Gasteiger partial charge in [-0.3, -0.25) is 0 Å². The highest BCUT2D eigenvalue weighted by molar-refractivity contribution is 6.34. The lowest BCUT2D eigenvalue weighted by atomic mass is 9.88. The summed E-state index contributed by atoms with van der Waals surface area (Å²) >= 11 is 6.38. The van der Waals surface area contributed by atoms with Crippen molar-refractivity contribution in [2.75, 3.05) is 0 Å². The van der Waals surface area contributed by atoms with Gasteiger partial charge in [-0.25, -0.2) is 4.85 Å². The minimum absolute atomic E-state index is 0.347. The second-order valence-corrected chi connectivity index (χ2v) is 7.65. The second-order valence-electron chi connectivity index (χ2n) is 7.27. The van der Waals surface area contributed by atoms with Gasteiger partial charge in [0.15, 0.2) is 0 Å². The number of nitrogens with zero attached hydrogens (tertiary/aromatic N) is 3. The highest BCUT2D eigenvalue weighted by Gasteiger charge is 2.29. The molecule has 5 nitrogen and oxygen atoms in total. The number of rotatable bonds is 6. The van der Waals surface area contributed by atoms with Crippen molar-refractivity contribution in [1.82, 2.24) is 10.2 Å². The van der Waals surface area contributed by atoms with Gasteiger partial charge in [-0.05, 0) is 42.2 Å². The van der Waals surface area contributed by atoms with Gasteiger partial charge in [-0.2, -0.15) is 0 Å². The van der Waals surface area contributed by atoms with Gasteiger partial charge < -0.3 is 9.52 Å². The van der Waals surface area contributed by atoms with Gasteiger partial charge in [0, 0.05) is 5.56 Å². The summed E-state index contributed by atoms with van der Waals surface area (Å²) < 4.78 is 6.00. The SMILES string of the molecule is [C-]#[N+]c1ccc(CC(c2nnc(-c3ccccc3)o2)C(O)c2ccccc2)c(C)c1Cl. The summed E-state index contributed by atoms with van der Waals surface area (Å²) in [5.74, 6) is 0.264. The lowest BCUT2D eigenvalue weighted by Gasteiger charge is -2.21. The Morgan fingerprint density at radius 3 is 2.35 bits per heavy atom. The van der Waals surface area contributed by atoms with Crippen LogP contribution in [-0.4, -0.2) is 15.3 Å². The molecule has 6 heteroatoms. The maximum atomic E-state index is 11.2. The van der Waals surface area contributed by atoms with E-state index < -0.39 is 12.0 Å². The summed E-state index contributed by atoms with van der Waals surface area (Å²) in [5, 5.41) is 20.1. The summed E-state index contributed by atoms with van der Waals surface area (Å²) in [6, 6.07) is 22.5. The minimum atomic E-state index is -0.857. The summed E-state index contributed by atoms with van der Waals surface area (Å²) in [4.78, 5) is 3.46. The molecule has 0 aliphatic heterocycles. The highest BCUT2D eigenvalue weighted by atomic mass is 35.5. The first-order valence-corrected chi connectivity index (χ1v) is 10.2. The van der Waals surface area contributed by atoms with Crippen LogP contribution in [0.5, 0.6) is 0 Å². The molecule has 0 fully saturated rings. The number of hydrogen-bond donors (Lipinski definition) is 1. The molecule has 154 valence electrons. The third-order valence-corrected chi connectivity index (χ3v) is 5.82. The zero-order valence-corrected chi connectivity index (χ0v) is 17.6. The first-order chi connectivity index (χ1) is 15.1. The van der Waals surface area contributed by atoms with Crippen molar-refractivity contribution in [1.29, 1.82) is 0 Å². The molecular formula is C25H20ClN3O2. The molecule has 0 radical (unpaired) electrons. The fourth-order valence-electron chi connectivity index (χ4n) is 3.55. The Labute approximate surface area is 185 Å². The normalized spacial score (nSPS) is 12.8. The van der Waals surface area contributed by atoms with E-state index in [0.717, 1.165) is 22.3 Å². The molecule has 1 heterocycles. The fraction of sp³-hybridized carbons (Fsp3) is 0.160. The lowest BCUT2D eigenvalue weighted by molar-refractivity contribution is 0.131. The molecule has 2 unspecified atom stereocenters. The van der Waals surface area contributed by atoms with E-state index in [0.29, 0.717) is 28.9 Å². The van der Waals surface area contributed by atoms with Crippen LogP contribution in [0.25, 0.3) is 16.3 Å². The first kappa shape index (κ1) is 20.8. The van der Waals surface area contributed by atoms with Crippen LogP contribution in [-0.2, 0) is 6.42 Å². The molecule has 3 aromatic carbocycles. The van der Waals surface area contributed by atoms with E-state index >= 15 is 0 Å². The molecule has 1 aromatic heterocycles. The lowest BCUT2D eigenvalue weighted by Crippen LogP contribution is -2.15. The van der Waals surface area contributed by atoms with Crippen LogP contribution in [0.3, 0.4) is 0 Å². The molecule has 0 spiro atoms. The van der Waals surface area contributed by atoms with Gasteiger partial charge in [-0.1, -0.05) is 72.3 Å². The van der Waals surface area contributed by atoms with Crippen LogP contribution in [0.4, 0.5) is 5.69 Å². The number of halogens is 1. The van der Waals surface area contributed by atoms with Gasteiger partial charge in [0.2, 0.25) is 17.5 Å². The third-order valence-electron chi connectivity index (χ3n) is 5.34. The predicted octanol–water partition coefficient (Wildman–Crippen LogP) is 6.31. The number of aliphatic hydroxyl groups is 1. The van der Waals surface area contributed by atoms with Gasteiger partial charge in [0.05, 0.1) is 23.6 Å². The molecule has 0 aliphatic rings. The van der Waals surface area contributed by atoms with Gasteiger partial charge >= 0.3 is 0 Å². The topological polar surface area (TPSA) is 63.5 Å². The van der Waals surface area contributed by atoms with Gasteiger partial charge in [0.25, 0.3) is 0 Å². The zero-order valence-electron chi connectivity index (χ0n) is 16.9. The summed E-state index contributed by atoms with van der Waals surface area (Å²) in [7, 11) is 0. The molecule has 1 N–H and O–H groups in total. The number of benzene rings is 3. The standard InChI is InChI=1S/C25H20ClN3O2/c1-16-19(13-14-21(27-2)22(16)26)15-20(23(30)17-9-5-3-6-10-17)25-29-28-24(31-25)18-11-7-4-8-12-18/h3-14,20,23,30H,15H2,1H3. The molecule has 4 rings (SSSR count). The van der Waals surface area contributed by atoms with Crippen molar-refractivity contribution in [3.8, 4) is 11.5 Å². The molecular weight excluding hydrogens is 410 g/mol. The molecule has 0 bridgehead atoms. The van der Waals surface area contributed by atoms with E-state index in [-0.39, 0.29) is 0 Å². The quantitative estimate of drug-likeness (QED) is 0.365. The van der Waals surface area contributed by atoms with E-state index in [1.807, 2.05) is 73.7 Å². The largest absolute Gasteiger partial charge is 0.420 e. The molecule has 0 amide bonds. The van der Waals surface area contributed by atoms with Crippen molar-refractivity contribution in [2.24, 2.45) is 0 Å². The van der Waals surface area contributed by atoms with Gasteiger partial charge in [0.1, 0.15) is 0 Å². The predicted molar refractivity (Wildman–Crippen MR) is 120 cm³/mol. The Morgan fingerprint density at radius 1 is 1.00 bits per heavy atom. The monoisotopic (exact) mass is 429 g/mol. The average Bonchev–Trinajstić information content (AvgIpc) is 3.31. The van der Waals surface area contributed by atoms with Crippen molar-refractivity contribution < 1.29 is 9.52 Å². The van der Waals surface area contributed by atoms with Crippen LogP contribution in [0.15, 0.2) is 77.2 Å². The van der Waals surface area contributed by atoms with Crippen LogP contribution < -0.4 is 0 Å². The Hall–Kier alpha value is -3.46. The molecule has 0 aliphatic carbocycles. The van der Waals surface area contributed by atoms with E-state index in [1.165, 1.54) is 0 Å². The Bertz CT molecular complexity index is 1220. The molecule has 2 atom stereocenters. The number of hydrogen-bond acceptors (Lipinski definition) is 4. The summed E-state index contributed by atoms with van der Waals surface area (Å²) in [6.07, 6.45) is -0.431. The maximum Gasteiger partial charge on any atom is 0.247 e. The van der Waals surface area contributed by atoms with E-state index in [1.54, 1.807) is 6.07 Å². The smallest absolute Gasteiger partial charge is 0.247 e. The number of aromatic nitrogens is 2. The average molecular weight is 430 g/mol. The second kappa shape index (κ2) is 9.13. The summed E-state index contributed by atoms with van der Waals surface area (Å²) in [5.41, 5.74) is 3.70. The molecule has 31 heavy (non-hydrogen) atoms. The Balaban J connectivity index is 1.74. The summed E-state index contributed by atoms with van der Waals surface area (Å²) in [6.45, 7) is 9.14. The minimum Gasteiger partial charge on any atom is -0.420 e. The van der Waals surface area contributed by atoms with Gasteiger partial charge in [-0.15, -0.1) is 10.2 Å². The first-order valence-electron chi connectivity index (χ1n) is 9.85. The van der Waals surface area contributed by atoms with Crippen molar-refractivity contribution >= 4 is 17.3 Å². The Kier molecular flexibility index (Phi) is 6.13. The Morgan fingerprint density at radius 2 is 1.68 bits per heavy atom.